The summed E-state index contributed by atoms with van der Waals surface area (Å²) < 4.78 is 1.66. The lowest BCUT2D eigenvalue weighted by Crippen LogP contribution is -2.25. The second kappa shape index (κ2) is 6.64. The van der Waals surface area contributed by atoms with E-state index in [2.05, 4.69) is 20.4 Å². The van der Waals surface area contributed by atoms with Crippen molar-refractivity contribution in [2.45, 2.75) is 6.54 Å². The Kier molecular flexibility index (Phi) is 4.03. The van der Waals surface area contributed by atoms with E-state index in [1.54, 1.807) is 29.2 Å². The van der Waals surface area contributed by atoms with E-state index in [-0.39, 0.29) is 11.5 Å². The van der Waals surface area contributed by atoms with E-state index in [4.69, 9.17) is 0 Å². The van der Waals surface area contributed by atoms with Crippen molar-refractivity contribution in [3.63, 3.8) is 0 Å². The van der Waals surface area contributed by atoms with Crippen LogP contribution >= 0.6 is 0 Å². The first-order chi connectivity index (χ1) is 12.7. The quantitative estimate of drug-likeness (QED) is 0.592. The number of carbonyl (C=O) groups excluding carboxylic acids is 1. The van der Waals surface area contributed by atoms with Gasteiger partial charge in [0.25, 0.3) is 5.91 Å². The Morgan fingerprint density at radius 1 is 1.15 bits per heavy atom. The maximum absolute atomic E-state index is 12.5. The first kappa shape index (κ1) is 15.8. The zero-order valence-electron chi connectivity index (χ0n) is 13.7. The first-order valence-corrected chi connectivity index (χ1v) is 8.06. The third kappa shape index (κ3) is 3.10. The van der Waals surface area contributed by atoms with Gasteiger partial charge in [-0.25, -0.2) is 9.67 Å². The maximum atomic E-state index is 12.5. The summed E-state index contributed by atoms with van der Waals surface area (Å²) in [5.74, 6) is 0.397. The van der Waals surface area contributed by atoms with Gasteiger partial charge < -0.3 is 10.3 Å². The van der Waals surface area contributed by atoms with Crippen LogP contribution in [0.4, 0.5) is 0 Å². The third-order valence-electron chi connectivity index (χ3n) is 4.00. The minimum absolute atomic E-state index is 0.302. The number of rotatable bonds is 4. The Morgan fingerprint density at radius 3 is 2.81 bits per heavy atom. The number of fused-ring (bicyclic) bond motifs is 1. The van der Waals surface area contributed by atoms with Crippen LogP contribution in [-0.4, -0.2) is 25.7 Å². The van der Waals surface area contributed by atoms with Crippen LogP contribution < -0.4 is 10.9 Å². The van der Waals surface area contributed by atoms with Crippen molar-refractivity contribution >= 4 is 16.8 Å². The predicted molar refractivity (Wildman–Crippen MR) is 97.1 cm³/mol. The largest absolute Gasteiger partial charge is 0.348 e. The molecule has 4 rings (SSSR count). The zero-order valence-corrected chi connectivity index (χ0v) is 13.7. The molecule has 0 aliphatic rings. The number of benzene rings is 1. The molecule has 0 saturated carbocycles. The van der Waals surface area contributed by atoms with Gasteiger partial charge >= 0.3 is 0 Å². The second-order valence-electron chi connectivity index (χ2n) is 5.75. The minimum atomic E-state index is -0.306. The van der Waals surface area contributed by atoms with Gasteiger partial charge in [0.1, 0.15) is 0 Å². The highest BCUT2D eigenvalue weighted by Gasteiger charge is 2.11. The number of para-hydroxylation sites is 1. The second-order valence-corrected chi connectivity index (χ2v) is 5.75. The van der Waals surface area contributed by atoms with Crippen LogP contribution in [0.2, 0.25) is 0 Å². The van der Waals surface area contributed by atoms with E-state index in [1.807, 2.05) is 36.5 Å². The Morgan fingerprint density at radius 2 is 2.04 bits per heavy atom. The highest BCUT2D eigenvalue weighted by atomic mass is 16.2. The monoisotopic (exact) mass is 345 g/mol. The summed E-state index contributed by atoms with van der Waals surface area (Å²) in [6.07, 6.45) is 5.18. The highest BCUT2D eigenvalue weighted by Crippen LogP contribution is 2.14. The molecule has 3 heterocycles. The molecular formula is C19H15N5O2. The van der Waals surface area contributed by atoms with E-state index >= 15 is 0 Å². The van der Waals surface area contributed by atoms with Gasteiger partial charge in [-0.3, -0.25) is 9.59 Å². The fourth-order valence-electron chi connectivity index (χ4n) is 2.73. The maximum Gasteiger partial charge on any atom is 0.252 e. The Balaban J connectivity index is 1.52. The van der Waals surface area contributed by atoms with Crippen LogP contribution in [0.1, 0.15) is 15.9 Å². The molecule has 0 aliphatic carbocycles. The molecule has 0 aliphatic heterocycles. The van der Waals surface area contributed by atoms with Gasteiger partial charge in [0, 0.05) is 42.1 Å². The molecule has 0 unspecified atom stereocenters. The summed E-state index contributed by atoms with van der Waals surface area (Å²) in [6, 6.07) is 14.1. The van der Waals surface area contributed by atoms with Crippen molar-refractivity contribution in [2.75, 3.05) is 0 Å². The minimum Gasteiger partial charge on any atom is -0.348 e. The van der Waals surface area contributed by atoms with E-state index < -0.39 is 0 Å². The van der Waals surface area contributed by atoms with Crippen LogP contribution in [0.3, 0.4) is 0 Å². The van der Waals surface area contributed by atoms with Gasteiger partial charge in [-0.15, -0.1) is 0 Å². The molecule has 7 heteroatoms. The molecule has 0 atom stereocenters. The average Bonchev–Trinajstić information content (AvgIpc) is 3.20. The molecule has 0 bridgehead atoms. The third-order valence-corrected chi connectivity index (χ3v) is 4.00. The zero-order chi connectivity index (χ0) is 17.9. The number of hydrogen-bond donors (Lipinski definition) is 2. The Hall–Kier alpha value is -3.74. The van der Waals surface area contributed by atoms with E-state index in [1.165, 1.54) is 6.07 Å². The number of aromatic amines is 1. The lowest BCUT2D eigenvalue weighted by atomic mass is 10.1. The van der Waals surface area contributed by atoms with Crippen LogP contribution in [0, 0.1) is 0 Å². The fraction of sp³-hybridized carbons (Fsp3) is 0.0526. The van der Waals surface area contributed by atoms with Crippen molar-refractivity contribution in [1.29, 1.82) is 0 Å². The number of nitrogens with zero attached hydrogens (tertiary/aromatic N) is 3. The lowest BCUT2D eigenvalue weighted by molar-refractivity contribution is 0.0952. The molecule has 0 spiro atoms. The van der Waals surface area contributed by atoms with Gasteiger partial charge in [-0.05, 0) is 23.8 Å². The first-order valence-electron chi connectivity index (χ1n) is 8.06. The van der Waals surface area contributed by atoms with Crippen molar-refractivity contribution in [1.82, 2.24) is 25.1 Å². The number of aromatic nitrogens is 4. The molecule has 0 saturated heterocycles. The Bertz CT molecular complexity index is 1110. The van der Waals surface area contributed by atoms with E-state index in [9.17, 15) is 9.59 Å². The summed E-state index contributed by atoms with van der Waals surface area (Å²) in [5.41, 5.74) is 1.53. The van der Waals surface area contributed by atoms with Gasteiger partial charge in [-0.2, -0.15) is 5.10 Å². The summed E-state index contributed by atoms with van der Waals surface area (Å²) in [6.45, 7) is 0.312. The number of carbonyl (C=O) groups is 1. The van der Waals surface area contributed by atoms with E-state index in [0.717, 1.165) is 5.56 Å². The summed E-state index contributed by atoms with van der Waals surface area (Å²) in [4.78, 5) is 31.4. The van der Waals surface area contributed by atoms with Crippen molar-refractivity contribution in [3.05, 3.63) is 88.6 Å². The van der Waals surface area contributed by atoms with Crippen molar-refractivity contribution < 1.29 is 4.79 Å². The van der Waals surface area contributed by atoms with Crippen LogP contribution in [0.5, 0.6) is 0 Å². The normalized spacial score (nSPS) is 10.8. The number of H-pyrrole nitrogens is 1. The molecule has 7 nitrogen and oxygen atoms in total. The van der Waals surface area contributed by atoms with Crippen LogP contribution in [0.15, 0.2) is 71.9 Å². The van der Waals surface area contributed by atoms with Gasteiger partial charge in [0.15, 0.2) is 5.82 Å². The van der Waals surface area contributed by atoms with Gasteiger partial charge in [0.05, 0.1) is 5.56 Å². The van der Waals surface area contributed by atoms with Crippen LogP contribution in [-0.2, 0) is 6.54 Å². The topological polar surface area (TPSA) is 92.7 Å². The van der Waals surface area contributed by atoms with Gasteiger partial charge in [-0.1, -0.05) is 24.3 Å². The summed E-state index contributed by atoms with van der Waals surface area (Å²) in [7, 11) is 0. The average molecular weight is 345 g/mol. The molecule has 1 amide bonds. The molecule has 1 aromatic carbocycles. The molecule has 128 valence electrons. The van der Waals surface area contributed by atoms with E-state index in [0.29, 0.717) is 28.8 Å². The molecule has 26 heavy (non-hydrogen) atoms. The molecule has 2 N–H and O–H groups in total. The number of hydrogen-bond acceptors (Lipinski definition) is 4. The number of amides is 1. The summed E-state index contributed by atoms with van der Waals surface area (Å²) in [5, 5.41) is 7.66. The van der Waals surface area contributed by atoms with Crippen LogP contribution in [0.25, 0.3) is 16.7 Å². The van der Waals surface area contributed by atoms with Gasteiger partial charge in [0.2, 0.25) is 5.56 Å². The fourth-order valence-corrected chi connectivity index (χ4v) is 2.73. The SMILES string of the molecule is O=C(NCc1ccc(-n2cccn2)nc1)c1cc(=O)[nH]c2ccccc12. The molecular weight excluding hydrogens is 330 g/mol. The van der Waals surface area contributed by atoms with Crippen molar-refractivity contribution in [3.8, 4) is 5.82 Å². The standard InChI is InChI=1S/C19H15N5O2/c25-18-10-15(14-4-1-2-5-16(14)23-18)19(26)21-12-13-6-7-17(20-11-13)24-9-3-8-22-24/h1-11H,12H2,(H,21,26)(H,23,25). The predicted octanol–water partition coefficient (Wildman–Crippen LogP) is 2.04. The van der Waals surface area contributed by atoms with Crippen molar-refractivity contribution in [2.24, 2.45) is 0 Å². The Labute approximate surface area is 148 Å². The molecule has 0 fully saturated rings. The smallest absolute Gasteiger partial charge is 0.252 e. The highest BCUT2D eigenvalue weighted by molar-refractivity contribution is 6.05. The number of nitrogens with one attached hydrogen (secondary N) is 2. The molecule has 0 radical (unpaired) electrons. The molecule has 3 aromatic heterocycles. The summed E-state index contributed by atoms with van der Waals surface area (Å²) >= 11 is 0. The lowest BCUT2D eigenvalue weighted by Gasteiger charge is -2.08. The molecule has 4 aromatic rings. The number of pyridine rings is 2.